The minimum absolute atomic E-state index is 1.04. The second-order valence-electron chi connectivity index (χ2n) is 2.66. The van der Waals surface area contributed by atoms with E-state index in [0.717, 1.165) is 6.42 Å². The lowest BCUT2D eigenvalue weighted by atomic mass is 10.2. The maximum absolute atomic E-state index is 3.11. The van der Waals surface area contributed by atoms with Crippen molar-refractivity contribution in [1.29, 1.82) is 0 Å². The monoisotopic (exact) mass is 162 g/mol. The normalized spacial score (nSPS) is 10.5. The summed E-state index contributed by atoms with van der Waals surface area (Å²) in [6, 6.07) is 0. The molecule has 0 atom stereocenters. The molecule has 0 rings (SSSR count). The first-order chi connectivity index (χ1) is 5.91. The molecule has 0 heteroatoms. The first-order valence-electron chi connectivity index (χ1n) is 4.68. The van der Waals surface area contributed by atoms with E-state index < -0.39 is 0 Å². The van der Waals surface area contributed by atoms with E-state index in [1.165, 1.54) is 19.3 Å². The molecule has 0 bridgehead atoms. The van der Waals surface area contributed by atoms with E-state index in [4.69, 9.17) is 0 Å². The molecule has 66 valence electrons. The minimum Gasteiger partial charge on any atom is -0.0985 e. The van der Waals surface area contributed by atoms with Gasteiger partial charge in [-0.1, -0.05) is 49.8 Å². The zero-order chi connectivity index (χ0) is 9.07. The van der Waals surface area contributed by atoms with Gasteiger partial charge in [0.15, 0.2) is 0 Å². The lowest BCUT2D eigenvalue weighted by molar-refractivity contribution is 0.737. The Morgan fingerprint density at radius 1 is 1.17 bits per heavy atom. The molecule has 0 nitrogen and oxygen atoms in total. The fourth-order valence-corrected chi connectivity index (χ4v) is 0.809. The molecule has 0 aromatic carbocycles. The smallest absolute Gasteiger partial charge is 0.00922 e. The van der Waals surface area contributed by atoms with Crippen LogP contribution in [-0.2, 0) is 0 Å². The van der Waals surface area contributed by atoms with Gasteiger partial charge in [0.1, 0.15) is 0 Å². The van der Waals surface area contributed by atoms with E-state index >= 15 is 0 Å². The predicted molar refractivity (Wildman–Crippen MR) is 55.9 cm³/mol. The average Bonchev–Trinajstić information content (AvgIpc) is 2.10. The van der Waals surface area contributed by atoms with Gasteiger partial charge in [-0.3, -0.25) is 0 Å². The molecule has 0 saturated heterocycles. The quantitative estimate of drug-likeness (QED) is 0.336. The van der Waals surface area contributed by atoms with Gasteiger partial charge >= 0.3 is 0 Å². The summed E-state index contributed by atoms with van der Waals surface area (Å²) in [6.45, 7) is 4.21. The Kier molecular flexibility index (Phi) is 9.24. The molecule has 12 heavy (non-hydrogen) atoms. The zero-order valence-corrected chi connectivity index (χ0v) is 8.14. The van der Waals surface area contributed by atoms with Crippen molar-refractivity contribution in [3.8, 4) is 11.8 Å². The molecule has 0 fully saturated rings. The van der Waals surface area contributed by atoms with Gasteiger partial charge in [0.2, 0.25) is 0 Å². The van der Waals surface area contributed by atoms with Crippen molar-refractivity contribution in [3.05, 3.63) is 24.3 Å². The number of hydrogen-bond acceptors (Lipinski definition) is 0. The molecule has 0 spiro atoms. The van der Waals surface area contributed by atoms with E-state index in [9.17, 15) is 0 Å². The van der Waals surface area contributed by atoms with Crippen LogP contribution in [0.25, 0.3) is 0 Å². The SMILES string of the molecule is C/C=C/C=C/C#CCCCCC. The third kappa shape index (κ3) is 9.04. The van der Waals surface area contributed by atoms with Crippen molar-refractivity contribution in [2.45, 2.75) is 39.5 Å². The fraction of sp³-hybridized carbons (Fsp3) is 0.500. The molecule has 0 aromatic rings. The van der Waals surface area contributed by atoms with Crippen LogP contribution >= 0.6 is 0 Å². The Labute approximate surface area is 76.4 Å². The van der Waals surface area contributed by atoms with Crippen LogP contribution < -0.4 is 0 Å². The van der Waals surface area contributed by atoms with Gasteiger partial charge in [-0.05, 0) is 19.4 Å². The maximum Gasteiger partial charge on any atom is 0.00922 e. The van der Waals surface area contributed by atoms with E-state index in [1.54, 1.807) is 0 Å². The Balaban J connectivity index is 3.34. The third-order valence-corrected chi connectivity index (χ3v) is 1.49. The standard InChI is InChI=1S/C12H18/c1-3-5-7-9-11-12-10-8-6-4-2/h3,5,7,9H,4,6,8,10H2,1-2H3/b5-3+,9-7+. The molecule has 0 aliphatic carbocycles. The van der Waals surface area contributed by atoms with Crippen LogP contribution in [0.1, 0.15) is 39.5 Å². The van der Waals surface area contributed by atoms with Crippen molar-refractivity contribution in [2.24, 2.45) is 0 Å². The highest BCUT2D eigenvalue weighted by molar-refractivity contribution is 5.19. The van der Waals surface area contributed by atoms with Crippen LogP contribution in [-0.4, -0.2) is 0 Å². The highest BCUT2D eigenvalue weighted by Crippen LogP contribution is 1.96. The van der Waals surface area contributed by atoms with Crippen LogP contribution in [0, 0.1) is 11.8 Å². The first-order valence-corrected chi connectivity index (χ1v) is 4.68. The molecular weight excluding hydrogens is 144 g/mol. The third-order valence-electron chi connectivity index (χ3n) is 1.49. The van der Waals surface area contributed by atoms with E-state index in [-0.39, 0.29) is 0 Å². The van der Waals surface area contributed by atoms with Gasteiger partial charge in [-0.25, -0.2) is 0 Å². The molecule has 0 aromatic heterocycles. The number of unbranched alkanes of at least 4 members (excludes halogenated alkanes) is 3. The number of hydrogen-bond donors (Lipinski definition) is 0. The molecule has 0 unspecified atom stereocenters. The molecular formula is C12H18. The van der Waals surface area contributed by atoms with Crippen molar-refractivity contribution in [2.75, 3.05) is 0 Å². The van der Waals surface area contributed by atoms with Gasteiger partial charge in [0.05, 0.1) is 0 Å². The van der Waals surface area contributed by atoms with Gasteiger partial charge in [-0.15, -0.1) is 0 Å². The molecule has 0 aliphatic rings. The highest BCUT2D eigenvalue weighted by atomic mass is 13.8. The second-order valence-corrected chi connectivity index (χ2v) is 2.66. The van der Waals surface area contributed by atoms with Gasteiger partial charge in [0, 0.05) is 6.42 Å². The van der Waals surface area contributed by atoms with Crippen molar-refractivity contribution in [3.63, 3.8) is 0 Å². The summed E-state index contributed by atoms with van der Waals surface area (Å²) in [7, 11) is 0. The highest BCUT2D eigenvalue weighted by Gasteiger charge is 1.78. The largest absolute Gasteiger partial charge is 0.0985 e. The zero-order valence-electron chi connectivity index (χ0n) is 8.14. The molecule has 0 saturated carbocycles. The van der Waals surface area contributed by atoms with Gasteiger partial charge in [-0.2, -0.15) is 0 Å². The number of allylic oxidation sites excluding steroid dienone is 4. The van der Waals surface area contributed by atoms with E-state index in [1.807, 2.05) is 31.2 Å². The summed E-state index contributed by atoms with van der Waals surface area (Å²) >= 11 is 0. The number of rotatable bonds is 4. The first kappa shape index (κ1) is 11.0. The molecule has 0 heterocycles. The predicted octanol–water partition coefficient (Wildman–Crippen LogP) is 3.70. The van der Waals surface area contributed by atoms with Gasteiger partial charge in [0.25, 0.3) is 0 Å². The Morgan fingerprint density at radius 2 is 2.00 bits per heavy atom. The van der Waals surface area contributed by atoms with Crippen molar-refractivity contribution < 1.29 is 0 Å². The van der Waals surface area contributed by atoms with Crippen molar-refractivity contribution >= 4 is 0 Å². The molecule has 0 N–H and O–H groups in total. The minimum atomic E-state index is 1.04. The van der Waals surface area contributed by atoms with Gasteiger partial charge < -0.3 is 0 Å². The molecule has 0 radical (unpaired) electrons. The Hall–Kier alpha value is -0.960. The Morgan fingerprint density at radius 3 is 2.67 bits per heavy atom. The lowest BCUT2D eigenvalue weighted by Crippen LogP contribution is -1.69. The molecule has 0 amide bonds. The van der Waals surface area contributed by atoms with E-state index in [2.05, 4.69) is 18.8 Å². The van der Waals surface area contributed by atoms with Crippen LogP contribution in [0.5, 0.6) is 0 Å². The maximum atomic E-state index is 3.11. The molecule has 0 aliphatic heterocycles. The van der Waals surface area contributed by atoms with Crippen LogP contribution in [0.15, 0.2) is 24.3 Å². The van der Waals surface area contributed by atoms with Crippen LogP contribution in [0.4, 0.5) is 0 Å². The Bertz CT molecular complexity index is 186. The second kappa shape index (κ2) is 10.0. The van der Waals surface area contributed by atoms with Crippen molar-refractivity contribution in [1.82, 2.24) is 0 Å². The summed E-state index contributed by atoms with van der Waals surface area (Å²) < 4.78 is 0. The summed E-state index contributed by atoms with van der Waals surface area (Å²) in [5.74, 6) is 6.11. The lowest BCUT2D eigenvalue weighted by Gasteiger charge is -1.87. The van der Waals surface area contributed by atoms with E-state index in [0.29, 0.717) is 0 Å². The fourth-order valence-electron chi connectivity index (χ4n) is 0.809. The van der Waals surface area contributed by atoms with Crippen LogP contribution in [0.3, 0.4) is 0 Å². The average molecular weight is 162 g/mol. The summed E-state index contributed by atoms with van der Waals surface area (Å²) in [6.07, 6.45) is 12.7. The summed E-state index contributed by atoms with van der Waals surface area (Å²) in [4.78, 5) is 0. The topological polar surface area (TPSA) is 0 Å². The summed E-state index contributed by atoms with van der Waals surface area (Å²) in [5.41, 5.74) is 0. The summed E-state index contributed by atoms with van der Waals surface area (Å²) in [5, 5.41) is 0. The van der Waals surface area contributed by atoms with Crippen LogP contribution in [0.2, 0.25) is 0 Å².